The van der Waals surface area contributed by atoms with E-state index in [2.05, 4.69) is 41.5 Å². The third-order valence-corrected chi connectivity index (χ3v) is 7.04. The first-order valence-corrected chi connectivity index (χ1v) is 11.8. The first kappa shape index (κ1) is 22.3. The molecule has 28 heavy (non-hydrogen) atoms. The zero-order valence-electron chi connectivity index (χ0n) is 19.4. The molecule has 4 fully saturated rings. The maximum atomic E-state index is 12.9. The lowest BCUT2D eigenvalue weighted by molar-refractivity contribution is -0.218. The highest BCUT2D eigenvalue weighted by molar-refractivity contribution is 5.91. The van der Waals surface area contributed by atoms with Crippen molar-refractivity contribution in [3.8, 4) is 0 Å². The van der Waals surface area contributed by atoms with Crippen molar-refractivity contribution in [3.05, 3.63) is 0 Å². The molecule has 2 bridgehead atoms. The van der Waals surface area contributed by atoms with Gasteiger partial charge in [0.25, 0.3) is 0 Å². The van der Waals surface area contributed by atoms with Gasteiger partial charge in [-0.2, -0.15) is 0 Å². The van der Waals surface area contributed by atoms with Crippen molar-refractivity contribution >= 4 is 5.78 Å². The zero-order valence-corrected chi connectivity index (χ0v) is 19.4. The maximum Gasteiger partial charge on any atom is 0.142 e. The Morgan fingerprint density at radius 2 is 1.43 bits per heavy atom. The molecule has 4 aliphatic carbocycles. The highest BCUT2D eigenvalue weighted by atomic mass is 16.5. The number of ether oxygens (including phenoxy) is 2. The molecule has 0 aromatic carbocycles. The minimum Gasteiger partial charge on any atom is -0.376 e. The van der Waals surface area contributed by atoms with Crippen LogP contribution in [-0.4, -0.2) is 29.7 Å². The van der Waals surface area contributed by atoms with Gasteiger partial charge in [-0.05, 0) is 91.9 Å². The van der Waals surface area contributed by atoms with Crippen LogP contribution in [0.1, 0.15) is 112 Å². The average molecular weight is 393 g/mol. The molecule has 3 heteroatoms. The van der Waals surface area contributed by atoms with Crippen molar-refractivity contribution in [2.45, 2.75) is 129 Å². The van der Waals surface area contributed by atoms with Crippen molar-refractivity contribution in [2.75, 3.05) is 6.61 Å². The Balaban J connectivity index is 1.22. The van der Waals surface area contributed by atoms with Gasteiger partial charge in [-0.3, -0.25) is 4.79 Å². The van der Waals surface area contributed by atoms with Crippen LogP contribution < -0.4 is 0 Å². The molecule has 0 heterocycles. The van der Waals surface area contributed by atoms with Crippen LogP contribution in [0.5, 0.6) is 0 Å². The second kappa shape index (κ2) is 8.02. The fourth-order valence-electron chi connectivity index (χ4n) is 5.84. The fourth-order valence-corrected chi connectivity index (χ4v) is 5.84. The summed E-state index contributed by atoms with van der Waals surface area (Å²) < 4.78 is 11.8. The van der Waals surface area contributed by atoms with Gasteiger partial charge in [0.1, 0.15) is 5.78 Å². The molecular formula is C25H44O3. The zero-order chi connectivity index (χ0) is 20.6. The first-order valence-electron chi connectivity index (χ1n) is 11.8. The molecule has 0 atom stereocenters. The molecule has 4 saturated carbocycles. The van der Waals surface area contributed by atoms with Gasteiger partial charge >= 0.3 is 0 Å². The molecule has 0 N–H and O–H groups in total. The van der Waals surface area contributed by atoms with Crippen molar-refractivity contribution < 1.29 is 14.3 Å². The summed E-state index contributed by atoms with van der Waals surface area (Å²) in [5.41, 5.74) is 0.563. The number of Topliss-reactive ketones (excluding diaryl/α,β-unsaturated/α-hetero) is 1. The molecule has 162 valence electrons. The van der Waals surface area contributed by atoms with Gasteiger partial charge in [-0.1, -0.05) is 25.7 Å². The quantitative estimate of drug-likeness (QED) is 0.378. The molecule has 0 saturated heterocycles. The predicted octanol–water partition coefficient (Wildman–Crippen LogP) is 6.48. The van der Waals surface area contributed by atoms with Crippen LogP contribution >= 0.6 is 0 Å². The third-order valence-electron chi connectivity index (χ3n) is 7.04. The number of carbonyl (C=O) groups is 1. The fraction of sp³-hybridized carbons (Fsp3) is 0.960. The van der Waals surface area contributed by atoms with Gasteiger partial charge in [-0.25, -0.2) is 0 Å². The summed E-state index contributed by atoms with van der Waals surface area (Å²) in [7, 11) is 0. The topological polar surface area (TPSA) is 35.5 Å². The van der Waals surface area contributed by atoms with Crippen molar-refractivity contribution in [1.29, 1.82) is 0 Å². The van der Waals surface area contributed by atoms with Crippen molar-refractivity contribution in [1.82, 2.24) is 0 Å². The standard InChI is InChI=1S/C25H44O3/c1-22(2,3)27-13-11-9-7-8-10-12-24-16-25(17-24,18-24)21(26)19-14-20(15-19)28-23(4,5)6/h19-20H,7-18H2,1-6H3. The minimum absolute atomic E-state index is 0.00243. The molecule has 0 aromatic rings. The number of unbranched alkanes of at least 4 members (excludes halogenated alkanes) is 4. The molecule has 0 aromatic heterocycles. The average Bonchev–Trinajstić information content (AvgIpc) is 2.43. The molecule has 0 unspecified atom stereocenters. The minimum atomic E-state index is -0.0846. The maximum absolute atomic E-state index is 12.9. The van der Waals surface area contributed by atoms with E-state index in [1.165, 1.54) is 57.8 Å². The summed E-state index contributed by atoms with van der Waals surface area (Å²) in [6.07, 6.45) is 13.6. The Hall–Kier alpha value is -0.410. The summed E-state index contributed by atoms with van der Waals surface area (Å²) in [6, 6.07) is 0. The highest BCUT2D eigenvalue weighted by Gasteiger charge is 2.71. The number of rotatable bonds is 11. The molecule has 4 rings (SSSR count). The van der Waals surface area contributed by atoms with Crippen LogP contribution in [0.2, 0.25) is 0 Å². The van der Waals surface area contributed by atoms with Gasteiger partial charge in [0, 0.05) is 17.9 Å². The SMILES string of the molecule is CC(C)(C)OCCCCCCCC12CC(C(=O)C3CC(OC(C)(C)C)C3)(C1)C2. The molecule has 0 radical (unpaired) electrons. The molecule has 0 aliphatic heterocycles. The van der Waals surface area contributed by atoms with Crippen LogP contribution in [0.15, 0.2) is 0 Å². The van der Waals surface area contributed by atoms with E-state index in [9.17, 15) is 4.79 Å². The smallest absolute Gasteiger partial charge is 0.142 e. The van der Waals surface area contributed by atoms with E-state index in [-0.39, 0.29) is 16.6 Å². The van der Waals surface area contributed by atoms with E-state index >= 15 is 0 Å². The monoisotopic (exact) mass is 392 g/mol. The largest absolute Gasteiger partial charge is 0.376 e. The molecule has 3 nitrogen and oxygen atoms in total. The lowest BCUT2D eigenvalue weighted by atomic mass is 9.32. The van der Waals surface area contributed by atoms with Crippen LogP contribution in [0.4, 0.5) is 0 Å². The lowest BCUT2D eigenvalue weighted by Gasteiger charge is -2.71. The molecule has 4 aliphatic rings. The Morgan fingerprint density at radius 1 is 0.857 bits per heavy atom. The van der Waals surface area contributed by atoms with Gasteiger partial charge < -0.3 is 9.47 Å². The van der Waals surface area contributed by atoms with E-state index in [1.54, 1.807) is 0 Å². The summed E-state index contributed by atoms with van der Waals surface area (Å²) in [5.74, 6) is 0.878. The number of ketones is 1. The van der Waals surface area contributed by atoms with E-state index < -0.39 is 0 Å². The number of hydrogen-bond acceptors (Lipinski definition) is 3. The van der Waals surface area contributed by atoms with E-state index in [0.717, 1.165) is 19.4 Å². The Kier molecular flexibility index (Phi) is 6.38. The summed E-state index contributed by atoms with van der Waals surface area (Å²) in [4.78, 5) is 12.9. The number of carbonyl (C=O) groups excluding carboxylic acids is 1. The summed E-state index contributed by atoms with van der Waals surface area (Å²) in [6.45, 7) is 13.6. The second-order valence-corrected chi connectivity index (χ2v) is 12.2. The van der Waals surface area contributed by atoms with Crippen LogP contribution in [0, 0.1) is 16.7 Å². The second-order valence-electron chi connectivity index (χ2n) is 12.2. The summed E-state index contributed by atoms with van der Waals surface area (Å²) in [5, 5.41) is 0. The highest BCUT2D eigenvalue weighted by Crippen LogP contribution is 2.76. The summed E-state index contributed by atoms with van der Waals surface area (Å²) >= 11 is 0. The molecule has 0 spiro atoms. The lowest BCUT2D eigenvalue weighted by Crippen LogP contribution is -2.67. The third kappa shape index (κ3) is 5.39. The molecule has 0 amide bonds. The van der Waals surface area contributed by atoms with E-state index in [0.29, 0.717) is 23.2 Å². The van der Waals surface area contributed by atoms with Crippen molar-refractivity contribution in [3.63, 3.8) is 0 Å². The molecular weight excluding hydrogens is 348 g/mol. The van der Waals surface area contributed by atoms with E-state index in [1.807, 2.05) is 0 Å². The van der Waals surface area contributed by atoms with E-state index in [4.69, 9.17) is 9.47 Å². The Morgan fingerprint density at radius 3 is 2.00 bits per heavy atom. The van der Waals surface area contributed by atoms with Gasteiger partial charge in [0.2, 0.25) is 0 Å². The predicted molar refractivity (Wildman–Crippen MR) is 114 cm³/mol. The normalized spacial score (nSPS) is 34.4. The van der Waals surface area contributed by atoms with Crippen LogP contribution in [0.3, 0.4) is 0 Å². The Labute approximate surface area is 173 Å². The Bertz CT molecular complexity index is 525. The number of hydrogen-bond donors (Lipinski definition) is 0. The van der Waals surface area contributed by atoms with Crippen LogP contribution in [-0.2, 0) is 14.3 Å². The van der Waals surface area contributed by atoms with Crippen LogP contribution in [0.25, 0.3) is 0 Å². The van der Waals surface area contributed by atoms with Gasteiger partial charge in [0.15, 0.2) is 0 Å². The van der Waals surface area contributed by atoms with Gasteiger partial charge in [-0.15, -0.1) is 0 Å². The first-order chi connectivity index (χ1) is 12.9. The van der Waals surface area contributed by atoms with Gasteiger partial charge in [0.05, 0.1) is 17.3 Å². The van der Waals surface area contributed by atoms with Crippen molar-refractivity contribution in [2.24, 2.45) is 16.7 Å².